The maximum absolute atomic E-state index is 12.4. The molecular formula is C7H5F4NO2S. The normalized spacial score (nSPS) is 12.8. The number of nitrogen functional groups attached to an aromatic ring is 1. The molecule has 0 spiro atoms. The molecule has 0 fully saturated rings. The number of alkyl halides is 3. The van der Waals surface area contributed by atoms with Crippen molar-refractivity contribution in [3.8, 4) is 0 Å². The van der Waals surface area contributed by atoms with Gasteiger partial charge < -0.3 is 5.73 Å². The minimum atomic E-state index is -5.19. The lowest BCUT2D eigenvalue weighted by Crippen LogP contribution is -2.07. The standard InChI is InChI=1S/C7H5F4NO2S/c8-7(9,10)4-1-5(12)3-6(2-4)15(11,13)14/h1-3H,12H2. The van der Waals surface area contributed by atoms with Gasteiger partial charge in [-0.05, 0) is 18.2 Å². The van der Waals surface area contributed by atoms with Crippen LogP contribution in [0.2, 0.25) is 0 Å². The second kappa shape index (κ2) is 3.37. The second-order valence-corrected chi connectivity index (χ2v) is 4.07. The summed E-state index contributed by atoms with van der Waals surface area (Å²) in [5.41, 5.74) is 3.24. The molecule has 0 aliphatic rings. The average Bonchev–Trinajstić information content (AvgIpc) is 1.99. The zero-order chi connectivity index (χ0) is 11.9. The van der Waals surface area contributed by atoms with Crippen molar-refractivity contribution >= 4 is 15.9 Å². The molecule has 8 heteroatoms. The van der Waals surface area contributed by atoms with Crippen molar-refractivity contribution in [1.82, 2.24) is 0 Å². The molecule has 0 saturated carbocycles. The molecule has 0 aromatic heterocycles. The Morgan fingerprint density at radius 2 is 1.67 bits per heavy atom. The van der Waals surface area contributed by atoms with E-state index in [1.807, 2.05) is 0 Å². The highest BCUT2D eigenvalue weighted by atomic mass is 32.3. The van der Waals surface area contributed by atoms with Gasteiger partial charge in [-0.1, -0.05) is 0 Å². The first-order valence-electron chi connectivity index (χ1n) is 3.53. The van der Waals surface area contributed by atoms with Crippen LogP contribution in [0.4, 0.5) is 22.7 Å². The number of halogens is 4. The van der Waals surface area contributed by atoms with Gasteiger partial charge in [-0.15, -0.1) is 3.89 Å². The van der Waals surface area contributed by atoms with Crippen LogP contribution in [0.1, 0.15) is 5.56 Å². The first-order chi connectivity index (χ1) is 6.60. The molecule has 15 heavy (non-hydrogen) atoms. The molecule has 1 aromatic rings. The Labute approximate surface area is 82.7 Å². The van der Waals surface area contributed by atoms with Crippen molar-refractivity contribution in [2.75, 3.05) is 5.73 Å². The maximum atomic E-state index is 12.4. The molecule has 0 heterocycles. The Hall–Kier alpha value is -1.31. The fourth-order valence-electron chi connectivity index (χ4n) is 0.927. The molecule has 1 rings (SSSR count). The zero-order valence-electron chi connectivity index (χ0n) is 7.05. The maximum Gasteiger partial charge on any atom is 0.416 e. The predicted molar refractivity (Wildman–Crippen MR) is 44.2 cm³/mol. The number of rotatable bonds is 1. The Bertz CT molecular complexity index is 480. The van der Waals surface area contributed by atoms with E-state index in [1.165, 1.54) is 0 Å². The van der Waals surface area contributed by atoms with Crippen molar-refractivity contribution in [3.05, 3.63) is 23.8 Å². The average molecular weight is 243 g/mol. The van der Waals surface area contributed by atoms with Gasteiger partial charge in [-0.2, -0.15) is 21.6 Å². The van der Waals surface area contributed by atoms with Gasteiger partial charge in [-0.25, -0.2) is 0 Å². The molecule has 0 saturated heterocycles. The highest BCUT2D eigenvalue weighted by molar-refractivity contribution is 7.86. The lowest BCUT2D eigenvalue weighted by atomic mass is 10.2. The van der Waals surface area contributed by atoms with Crippen molar-refractivity contribution in [2.45, 2.75) is 11.1 Å². The van der Waals surface area contributed by atoms with Crippen LogP contribution in [0.3, 0.4) is 0 Å². The van der Waals surface area contributed by atoms with Crippen molar-refractivity contribution in [2.24, 2.45) is 0 Å². The van der Waals surface area contributed by atoms with Crippen molar-refractivity contribution in [3.63, 3.8) is 0 Å². The summed E-state index contributed by atoms with van der Waals surface area (Å²) in [6.45, 7) is 0. The molecule has 0 amide bonds. The molecule has 0 atom stereocenters. The predicted octanol–water partition coefficient (Wildman–Crippen LogP) is 1.95. The Morgan fingerprint density at radius 3 is 2.07 bits per heavy atom. The van der Waals surface area contributed by atoms with E-state index in [-0.39, 0.29) is 6.07 Å². The van der Waals surface area contributed by atoms with Gasteiger partial charge >= 0.3 is 16.4 Å². The van der Waals surface area contributed by atoms with E-state index in [2.05, 4.69) is 0 Å². The summed E-state index contributed by atoms with van der Waals surface area (Å²) in [4.78, 5) is -1.10. The van der Waals surface area contributed by atoms with E-state index in [1.54, 1.807) is 0 Å². The number of anilines is 1. The van der Waals surface area contributed by atoms with E-state index in [9.17, 15) is 25.5 Å². The van der Waals surface area contributed by atoms with Gasteiger partial charge in [0, 0.05) is 5.69 Å². The highest BCUT2D eigenvalue weighted by Gasteiger charge is 2.32. The Balaban J connectivity index is 3.43. The van der Waals surface area contributed by atoms with Gasteiger partial charge in [0.15, 0.2) is 0 Å². The Morgan fingerprint density at radius 1 is 1.13 bits per heavy atom. The molecule has 0 bridgehead atoms. The molecular weight excluding hydrogens is 238 g/mol. The molecule has 1 aromatic carbocycles. The first kappa shape index (κ1) is 11.8. The van der Waals surface area contributed by atoms with Crippen LogP contribution in [0.25, 0.3) is 0 Å². The minimum absolute atomic E-state index is 0.186. The summed E-state index contributed by atoms with van der Waals surface area (Å²) < 4.78 is 69.7. The number of benzene rings is 1. The summed E-state index contributed by atoms with van der Waals surface area (Å²) >= 11 is 0. The van der Waals surface area contributed by atoms with E-state index >= 15 is 0 Å². The lowest BCUT2D eigenvalue weighted by Gasteiger charge is -2.08. The molecule has 84 valence electrons. The van der Waals surface area contributed by atoms with Crippen LogP contribution in [0.15, 0.2) is 23.1 Å². The second-order valence-electron chi connectivity index (χ2n) is 2.73. The van der Waals surface area contributed by atoms with Gasteiger partial charge in [-0.3, -0.25) is 0 Å². The van der Waals surface area contributed by atoms with Crippen LogP contribution in [0, 0.1) is 0 Å². The lowest BCUT2D eigenvalue weighted by molar-refractivity contribution is -0.137. The van der Waals surface area contributed by atoms with Crippen LogP contribution < -0.4 is 5.73 Å². The summed E-state index contributed by atoms with van der Waals surface area (Å²) in [6.07, 6.45) is -4.77. The smallest absolute Gasteiger partial charge is 0.399 e. The summed E-state index contributed by atoms with van der Waals surface area (Å²) in [5.74, 6) is 0. The van der Waals surface area contributed by atoms with Gasteiger partial charge in [0.05, 0.1) is 5.56 Å². The first-order valence-corrected chi connectivity index (χ1v) is 4.91. The fourth-order valence-corrected chi connectivity index (χ4v) is 1.47. The summed E-state index contributed by atoms with van der Waals surface area (Å²) in [7, 11) is -5.19. The number of hydrogen-bond acceptors (Lipinski definition) is 3. The van der Waals surface area contributed by atoms with Crippen molar-refractivity contribution < 1.29 is 25.5 Å². The third kappa shape index (κ3) is 2.82. The van der Waals surface area contributed by atoms with E-state index in [0.29, 0.717) is 12.1 Å². The SMILES string of the molecule is Nc1cc(C(F)(F)F)cc(S(=O)(=O)F)c1. The molecule has 2 N–H and O–H groups in total. The third-order valence-corrected chi connectivity index (χ3v) is 2.34. The van der Waals surface area contributed by atoms with Crippen LogP contribution in [-0.2, 0) is 16.4 Å². The van der Waals surface area contributed by atoms with Crippen molar-refractivity contribution in [1.29, 1.82) is 0 Å². The van der Waals surface area contributed by atoms with E-state index in [4.69, 9.17) is 5.73 Å². The molecule has 0 aliphatic carbocycles. The van der Waals surface area contributed by atoms with Gasteiger partial charge in [0.1, 0.15) is 4.90 Å². The fraction of sp³-hybridized carbons (Fsp3) is 0.143. The highest BCUT2D eigenvalue weighted by Crippen LogP contribution is 2.32. The topological polar surface area (TPSA) is 60.2 Å². The quantitative estimate of drug-likeness (QED) is 0.466. The van der Waals surface area contributed by atoms with Crippen LogP contribution in [0.5, 0.6) is 0 Å². The van der Waals surface area contributed by atoms with Gasteiger partial charge in [0.2, 0.25) is 0 Å². The molecule has 0 unspecified atom stereocenters. The van der Waals surface area contributed by atoms with E-state index in [0.717, 1.165) is 0 Å². The summed E-state index contributed by atoms with van der Waals surface area (Å²) in [6, 6.07) is 1.32. The van der Waals surface area contributed by atoms with Crippen LogP contribution in [-0.4, -0.2) is 8.42 Å². The minimum Gasteiger partial charge on any atom is -0.399 e. The largest absolute Gasteiger partial charge is 0.416 e. The third-order valence-electron chi connectivity index (χ3n) is 1.54. The monoisotopic (exact) mass is 243 g/mol. The number of nitrogens with two attached hydrogens (primary N) is 1. The van der Waals surface area contributed by atoms with Gasteiger partial charge in [0.25, 0.3) is 0 Å². The van der Waals surface area contributed by atoms with Crippen LogP contribution >= 0.6 is 0 Å². The number of hydrogen-bond donors (Lipinski definition) is 1. The Kier molecular flexibility index (Phi) is 2.64. The molecule has 0 aliphatic heterocycles. The van der Waals surface area contributed by atoms with E-state index < -0.39 is 32.5 Å². The molecule has 0 radical (unpaired) electrons. The molecule has 3 nitrogen and oxygen atoms in total. The summed E-state index contributed by atoms with van der Waals surface area (Å²) in [5, 5.41) is 0. The zero-order valence-corrected chi connectivity index (χ0v) is 7.86.